The Balaban J connectivity index is 1.04. The number of benzene rings is 10. The lowest BCUT2D eigenvalue weighted by molar-refractivity contribution is 1.18. The van der Waals surface area contributed by atoms with Crippen molar-refractivity contribution < 1.29 is 0 Å². The fourth-order valence-electron chi connectivity index (χ4n) is 8.82. The number of rotatable bonds is 6. The zero-order chi connectivity index (χ0) is 37.0. The van der Waals surface area contributed by atoms with Crippen LogP contribution in [0.3, 0.4) is 0 Å². The SMILES string of the molecule is c1ccc(N(c2ccc(-c3ccccc3-n3c4ccccc4c4ccccc43)cc2)c2cccc(-c3cc4c5ccccc5ccc4c4ccccc34)c2)cc1. The van der Waals surface area contributed by atoms with Gasteiger partial charge in [-0.2, -0.15) is 0 Å². The molecule has 2 heteroatoms. The molecule has 0 aliphatic rings. The predicted octanol–water partition coefficient (Wildman–Crippen LogP) is 15.0. The number of nitrogens with zero attached hydrogens (tertiary/aromatic N) is 2. The Morgan fingerprint density at radius 1 is 0.286 bits per heavy atom. The quantitative estimate of drug-likeness (QED) is 0.156. The molecule has 0 amide bonds. The lowest BCUT2D eigenvalue weighted by Crippen LogP contribution is -2.09. The van der Waals surface area contributed by atoms with E-state index in [1.165, 1.54) is 82.1 Å². The molecule has 0 aliphatic heterocycles. The number of anilines is 3. The van der Waals surface area contributed by atoms with Gasteiger partial charge in [0.05, 0.1) is 16.7 Å². The first-order valence-corrected chi connectivity index (χ1v) is 19.3. The minimum absolute atomic E-state index is 1.10. The van der Waals surface area contributed by atoms with E-state index in [-0.39, 0.29) is 0 Å². The Morgan fingerprint density at radius 3 is 1.62 bits per heavy atom. The Kier molecular flexibility index (Phi) is 7.53. The van der Waals surface area contributed by atoms with Gasteiger partial charge in [0.25, 0.3) is 0 Å². The summed E-state index contributed by atoms with van der Waals surface area (Å²) < 4.78 is 2.41. The topological polar surface area (TPSA) is 8.17 Å². The maximum absolute atomic E-state index is 2.41. The molecule has 11 rings (SSSR count). The largest absolute Gasteiger partial charge is 0.310 e. The second kappa shape index (κ2) is 13.2. The predicted molar refractivity (Wildman–Crippen MR) is 239 cm³/mol. The van der Waals surface area contributed by atoms with Crippen LogP contribution in [0.1, 0.15) is 0 Å². The molecule has 0 spiro atoms. The standard InChI is InChI=1S/C54H36N2/c1-2-17-40(18-3-1)55(42-19-14-16-39(35-42)50-36-51-43-20-5-4-15-37(43)31-34-47(51)45-22-6-7-23-46(45)50)41-32-29-38(30-33-41)44-21-8-11-26-52(44)56-53-27-12-9-24-48(53)49-25-10-13-28-54(49)56/h1-36H. The maximum atomic E-state index is 2.41. The van der Waals surface area contributed by atoms with Gasteiger partial charge in [0.1, 0.15) is 0 Å². The Bertz CT molecular complexity index is 3190. The summed E-state index contributed by atoms with van der Waals surface area (Å²) in [5, 5.41) is 10.1. The summed E-state index contributed by atoms with van der Waals surface area (Å²) in [6.07, 6.45) is 0. The van der Waals surface area contributed by atoms with Crippen molar-refractivity contribution in [2.24, 2.45) is 0 Å². The molecule has 1 heterocycles. The highest BCUT2D eigenvalue weighted by molar-refractivity contribution is 6.21. The van der Waals surface area contributed by atoms with E-state index in [0.717, 1.165) is 17.1 Å². The van der Waals surface area contributed by atoms with Crippen molar-refractivity contribution in [2.75, 3.05) is 4.90 Å². The molecule has 262 valence electrons. The number of fused-ring (bicyclic) bond motifs is 8. The zero-order valence-electron chi connectivity index (χ0n) is 30.7. The summed E-state index contributed by atoms with van der Waals surface area (Å²) in [4.78, 5) is 2.37. The van der Waals surface area contributed by atoms with Crippen LogP contribution >= 0.6 is 0 Å². The molecular weight excluding hydrogens is 677 g/mol. The highest BCUT2D eigenvalue weighted by Crippen LogP contribution is 2.42. The van der Waals surface area contributed by atoms with Crippen LogP contribution in [-0.2, 0) is 0 Å². The van der Waals surface area contributed by atoms with E-state index < -0.39 is 0 Å². The van der Waals surface area contributed by atoms with E-state index in [1.54, 1.807) is 0 Å². The number of para-hydroxylation sites is 4. The molecule has 10 aromatic carbocycles. The van der Waals surface area contributed by atoms with Gasteiger partial charge < -0.3 is 9.47 Å². The van der Waals surface area contributed by atoms with Crippen molar-refractivity contribution in [3.05, 3.63) is 218 Å². The van der Waals surface area contributed by atoms with E-state index in [4.69, 9.17) is 0 Å². The number of hydrogen-bond donors (Lipinski definition) is 0. The molecule has 56 heavy (non-hydrogen) atoms. The third-order valence-corrected chi connectivity index (χ3v) is 11.4. The Labute approximate surface area is 325 Å². The summed E-state index contributed by atoms with van der Waals surface area (Å²) in [5.74, 6) is 0. The molecule has 0 radical (unpaired) electrons. The van der Waals surface area contributed by atoms with Crippen LogP contribution in [0.25, 0.3) is 82.1 Å². The number of hydrogen-bond acceptors (Lipinski definition) is 1. The van der Waals surface area contributed by atoms with Crippen molar-refractivity contribution in [1.29, 1.82) is 0 Å². The van der Waals surface area contributed by atoms with Crippen LogP contribution in [0.5, 0.6) is 0 Å². The Hall–Kier alpha value is -7.42. The molecule has 0 aliphatic carbocycles. The van der Waals surface area contributed by atoms with Crippen LogP contribution in [-0.4, -0.2) is 4.57 Å². The molecule has 0 unspecified atom stereocenters. The first kappa shape index (κ1) is 32.0. The highest BCUT2D eigenvalue weighted by atomic mass is 15.1. The zero-order valence-corrected chi connectivity index (χ0v) is 30.7. The molecule has 0 saturated heterocycles. The van der Waals surface area contributed by atoms with Gasteiger partial charge in [-0.05, 0) is 110 Å². The molecular formula is C54H36N2. The molecule has 1 aromatic heterocycles. The lowest BCUT2D eigenvalue weighted by Gasteiger charge is -2.26. The van der Waals surface area contributed by atoms with Crippen LogP contribution < -0.4 is 4.90 Å². The van der Waals surface area contributed by atoms with Gasteiger partial charge in [0.15, 0.2) is 0 Å². The van der Waals surface area contributed by atoms with E-state index in [1.807, 2.05) is 0 Å². The molecule has 0 fully saturated rings. The van der Waals surface area contributed by atoms with Gasteiger partial charge in [0.2, 0.25) is 0 Å². The fraction of sp³-hybridized carbons (Fsp3) is 0. The lowest BCUT2D eigenvalue weighted by atomic mass is 9.91. The van der Waals surface area contributed by atoms with Gasteiger partial charge in [-0.3, -0.25) is 0 Å². The van der Waals surface area contributed by atoms with Crippen LogP contribution in [0.4, 0.5) is 17.1 Å². The smallest absolute Gasteiger partial charge is 0.0541 e. The van der Waals surface area contributed by atoms with Crippen molar-refractivity contribution in [2.45, 2.75) is 0 Å². The van der Waals surface area contributed by atoms with Crippen LogP contribution in [0, 0.1) is 0 Å². The molecule has 2 nitrogen and oxygen atoms in total. The van der Waals surface area contributed by atoms with Gasteiger partial charge >= 0.3 is 0 Å². The average molecular weight is 713 g/mol. The minimum atomic E-state index is 1.10. The average Bonchev–Trinajstić information content (AvgIpc) is 3.61. The summed E-state index contributed by atoms with van der Waals surface area (Å²) in [5.41, 5.74) is 11.7. The third-order valence-electron chi connectivity index (χ3n) is 11.4. The summed E-state index contributed by atoms with van der Waals surface area (Å²) >= 11 is 0. The van der Waals surface area contributed by atoms with E-state index >= 15 is 0 Å². The molecule has 0 atom stereocenters. The number of aromatic nitrogens is 1. The minimum Gasteiger partial charge on any atom is -0.310 e. The maximum Gasteiger partial charge on any atom is 0.0541 e. The third kappa shape index (κ3) is 5.19. The molecule has 11 aromatic rings. The van der Waals surface area contributed by atoms with E-state index in [0.29, 0.717) is 0 Å². The monoisotopic (exact) mass is 712 g/mol. The fourth-order valence-corrected chi connectivity index (χ4v) is 8.82. The second-order valence-corrected chi connectivity index (χ2v) is 14.5. The highest BCUT2D eigenvalue weighted by Gasteiger charge is 2.18. The van der Waals surface area contributed by atoms with Crippen LogP contribution in [0.15, 0.2) is 218 Å². The summed E-state index contributed by atoms with van der Waals surface area (Å²) in [6, 6.07) is 79.4. The summed E-state index contributed by atoms with van der Waals surface area (Å²) in [6.45, 7) is 0. The first-order chi connectivity index (χ1) is 27.8. The van der Waals surface area contributed by atoms with Gasteiger partial charge in [-0.1, -0.05) is 158 Å². The van der Waals surface area contributed by atoms with Gasteiger partial charge in [0, 0.05) is 33.4 Å². The molecule has 0 N–H and O–H groups in total. The summed E-state index contributed by atoms with van der Waals surface area (Å²) in [7, 11) is 0. The normalized spacial score (nSPS) is 11.6. The van der Waals surface area contributed by atoms with E-state index in [2.05, 4.69) is 228 Å². The second-order valence-electron chi connectivity index (χ2n) is 14.5. The van der Waals surface area contributed by atoms with Crippen molar-refractivity contribution in [3.8, 4) is 27.9 Å². The van der Waals surface area contributed by atoms with Crippen LogP contribution in [0.2, 0.25) is 0 Å². The van der Waals surface area contributed by atoms with Gasteiger partial charge in [-0.25, -0.2) is 0 Å². The molecule has 0 saturated carbocycles. The van der Waals surface area contributed by atoms with Crippen molar-refractivity contribution in [1.82, 2.24) is 4.57 Å². The van der Waals surface area contributed by atoms with Gasteiger partial charge in [-0.15, -0.1) is 0 Å². The first-order valence-electron chi connectivity index (χ1n) is 19.3. The van der Waals surface area contributed by atoms with E-state index in [9.17, 15) is 0 Å². The Morgan fingerprint density at radius 2 is 0.857 bits per heavy atom. The molecule has 0 bridgehead atoms. The van der Waals surface area contributed by atoms with Crippen molar-refractivity contribution in [3.63, 3.8) is 0 Å². The van der Waals surface area contributed by atoms with Crippen molar-refractivity contribution >= 4 is 71.2 Å².